The average Bonchev–Trinajstić information content (AvgIpc) is 2.89. The van der Waals surface area contributed by atoms with Crippen LogP contribution in [0.15, 0.2) is 102 Å². The first-order valence-electron chi connectivity index (χ1n) is 11.7. The van der Waals surface area contributed by atoms with Gasteiger partial charge in [0.2, 0.25) is 0 Å². The second-order valence-corrected chi connectivity index (χ2v) is 8.85. The number of benzene rings is 3. The molecule has 3 aromatic carbocycles. The average molecular weight is 461 g/mol. The van der Waals surface area contributed by atoms with Crippen LogP contribution < -0.4 is 15.8 Å². The molecule has 0 bridgehead atoms. The van der Waals surface area contributed by atoms with Crippen molar-refractivity contribution < 1.29 is 0 Å². The number of nitrogens with zero attached hydrogens (tertiary/aromatic N) is 2. The molecule has 5 aromatic rings. The number of anilines is 1. The van der Waals surface area contributed by atoms with Crippen molar-refractivity contribution in [2.45, 2.75) is 13.1 Å². The third-order valence-electron chi connectivity index (χ3n) is 6.18. The van der Waals surface area contributed by atoms with Crippen LogP contribution in [-0.2, 0) is 13.1 Å². The third-order valence-corrected chi connectivity index (χ3v) is 6.18. The SMILES string of the molecule is CN(C)c1ccc(CNCc2ccc(-c3nc4cc[nH]c(=O)c4cc3-c3ccccc3)cc2)cc1. The van der Waals surface area contributed by atoms with Gasteiger partial charge in [-0.1, -0.05) is 66.7 Å². The zero-order valence-corrected chi connectivity index (χ0v) is 20.0. The number of H-pyrrole nitrogens is 1. The topological polar surface area (TPSA) is 61.0 Å². The molecule has 2 N–H and O–H groups in total. The first-order valence-corrected chi connectivity index (χ1v) is 11.7. The maximum Gasteiger partial charge on any atom is 0.257 e. The summed E-state index contributed by atoms with van der Waals surface area (Å²) in [5.41, 5.74) is 8.10. The van der Waals surface area contributed by atoms with Crippen LogP contribution in [0, 0.1) is 0 Å². The van der Waals surface area contributed by atoms with E-state index in [0.29, 0.717) is 10.9 Å². The van der Waals surface area contributed by atoms with Crippen LogP contribution in [0.5, 0.6) is 0 Å². The maximum atomic E-state index is 12.4. The fourth-order valence-electron chi connectivity index (χ4n) is 4.21. The number of pyridine rings is 2. The lowest BCUT2D eigenvalue weighted by Crippen LogP contribution is -2.13. The molecule has 0 fully saturated rings. The molecular weight excluding hydrogens is 432 g/mol. The smallest absolute Gasteiger partial charge is 0.257 e. The number of hydrogen-bond acceptors (Lipinski definition) is 4. The van der Waals surface area contributed by atoms with Gasteiger partial charge in [-0.15, -0.1) is 0 Å². The van der Waals surface area contributed by atoms with E-state index in [0.717, 1.165) is 35.5 Å². The van der Waals surface area contributed by atoms with Crippen LogP contribution in [0.4, 0.5) is 5.69 Å². The first-order chi connectivity index (χ1) is 17.1. The van der Waals surface area contributed by atoms with E-state index in [2.05, 4.69) is 63.7 Å². The van der Waals surface area contributed by atoms with Crippen LogP contribution in [0.3, 0.4) is 0 Å². The van der Waals surface area contributed by atoms with Gasteiger partial charge in [-0.3, -0.25) is 4.79 Å². The first kappa shape index (κ1) is 22.6. The molecule has 0 spiro atoms. The largest absolute Gasteiger partial charge is 0.378 e. The van der Waals surface area contributed by atoms with Gasteiger partial charge in [0.1, 0.15) is 0 Å². The highest BCUT2D eigenvalue weighted by Crippen LogP contribution is 2.32. The normalized spacial score (nSPS) is 11.0. The second-order valence-electron chi connectivity index (χ2n) is 8.85. The van der Waals surface area contributed by atoms with E-state index >= 15 is 0 Å². The molecule has 35 heavy (non-hydrogen) atoms. The highest BCUT2D eigenvalue weighted by molar-refractivity contribution is 5.91. The minimum Gasteiger partial charge on any atom is -0.378 e. The summed E-state index contributed by atoms with van der Waals surface area (Å²) in [5, 5.41) is 4.12. The highest BCUT2D eigenvalue weighted by atomic mass is 16.1. The molecule has 0 unspecified atom stereocenters. The van der Waals surface area contributed by atoms with Crippen LogP contribution in [0.2, 0.25) is 0 Å². The van der Waals surface area contributed by atoms with Crippen molar-refractivity contribution in [1.82, 2.24) is 15.3 Å². The van der Waals surface area contributed by atoms with E-state index in [1.54, 1.807) is 6.20 Å². The van der Waals surface area contributed by atoms with E-state index in [-0.39, 0.29) is 5.56 Å². The van der Waals surface area contributed by atoms with Gasteiger partial charge in [0.15, 0.2) is 0 Å². The van der Waals surface area contributed by atoms with Gasteiger partial charge in [0.25, 0.3) is 5.56 Å². The molecule has 0 radical (unpaired) electrons. The Labute approximate surface area is 205 Å². The van der Waals surface area contributed by atoms with Gasteiger partial charge >= 0.3 is 0 Å². The highest BCUT2D eigenvalue weighted by Gasteiger charge is 2.13. The number of hydrogen-bond donors (Lipinski definition) is 2. The summed E-state index contributed by atoms with van der Waals surface area (Å²) in [6.45, 7) is 1.59. The number of rotatable bonds is 7. The quantitative estimate of drug-likeness (QED) is 0.331. The van der Waals surface area contributed by atoms with Gasteiger partial charge in [0.05, 0.1) is 16.6 Å². The fourth-order valence-corrected chi connectivity index (χ4v) is 4.21. The maximum absolute atomic E-state index is 12.4. The van der Waals surface area contributed by atoms with Crippen LogP contribution in [0.1, 0.15) is 11.1 Å². The van der Waals surface area contributed by atoms with E-state index in [9.17, 15) is 4.79 Å². The molecule has 5 heteroatoms. The summed E-state index contributed by atoms with van der Waals surface area (Å²) in [5.74, 6) is 0. The number of aromatic nitrogens is 2. The molecule has 5 rings (SSSR count). The summed E-state index contributed by atoms with van der Waals surface area (Å²) >= 11 is 0. The summed E-state index contributed by atoms with van der Waals surface area (Å²) in [7, 11) is 4.10. The van der Waals surface area contributed by atoms with Crippen molar-refractivity contribution >= 4 is 16.6 Å². The van der Waals surface area contributed by atoms with Crippen molar-refractivity contribution in [3.8, 4) is 22.4 Å². The molecule has 2 aromatic heterocycles. The Kier molecular flexibility index (Phi) is 6.42. The summed E-state index contributed by atoms with van der Waals surface area (Å²) in [4.78, 5) is 22.1. The Morgan fingerprint density at radius 1 is 0.800 bits per heavy atom. The molecular formula is C30H28N4O. The van der Waals surface area contributed by atoms with Gasteiger partial charge in [0, 0.05) is 50.2 Å². The van der Waals surface area contributed by atoms with E-state index in [1.807, 2.05) is 56.6 Å². The minimum absolute atomic E-state index is 0.128. The predicted octanol–water partition coefficient (Wildman–Crippen LogP) is 5.61. The predicted molar refractivity (Wildman–Crippen MR) is 145 cm³/mol. The lowest BCUT2D eigenvalue weighted by atomic mass is 9.97. The zero-order valence-electron chi connectivity index (χ0n) is 20.0. The Balaban J connectivity index is 1.38. The lowest BCUT2D eigenvalue weighted by molar-refractivity contribution is 0.693. The molecule has 0 saturated carbocycles. The molecule has 0 atom stereocenters. The molecule has 0 aliphatic carbocycles. The van der Waals surface area contributed by atoms with E-state index in [1.165, 1.54) is 16.8 Å². The molecule has 174 valence electrons. The van der Waals surface area contributed by atoms with Crippen molar-refractivity contribution in [1.29, 1.82) is 0 Å². The monoisotopic (exact) mass is 460 g/mol. The molecule has 0 amide bonds. The zero-order chi connectivity index (χ0) is 24.2. The Hall–Kier alpha value is -4.22. The van der Waals surface area contributed by atoms with Gasteiger partial charge < -0.3 is 15.2 Å². The molecule has 2 heterocycles. The summed E-state index contributed by atoms with van der Waals surface area (Å²) in [6.07, 6.45) is 1.65. The number of aromatic amines is 1. The molecule has 0 aliphatic heterocycles. The van der Waals surface area contributed by atoms with Crippen molar-refractivity contribution in [2.75, 3.05) is 19.0 Å². The van der Waals surface area contributed by atoms with Crippen LogP contribution in [-0.4, -0.2) is 24.1 Å². The Bertz CT molecular complexity index is 1490. The second kappa shape index (κ2) is 9.95. The van der Waals surface area contributed by atoms with Crippen LogP contribution in [0.25, 0.3) is 33.3 Å². The summed E-state index contributed by atoms with van der Waals surface area (Å²) < 4.78 is 0. The van der Waals surface area contributed by atoms with Crippen molar-refractivity contribution in [3.63, 3.8) is 0 Å². The molecule has 0 saturated heterocycles. The Morgan fingerprint density at radius 3 is 2.11 bits per heavy atom. The standard InChI is InChI=1S/C30H28N4O/c1-34(2)25-14-10-22(11-15-25)20-31-19-21-8-12-24(13-9-21)29-26(23-6-4-3-5-7-23)18-27-28(33-29)16-17-32-30(27)35/h3-18,31H,19-20H2,1-2H3,(H,32,35). The third kappa shape index (κ3) is 5.00. The molecule has 0 aliphatic rings. The Morgan fingerprint density at radius 2 is 1.46 bits per heavy atom. The van der Waals surface area contributed by atoms with Gasteiger partial charge in [-0.25, -0.2) is 4.98 Å². The summed E-state index contributed by atoms with van der Waals surface area (Å²) in [6, 6.07) is 31.0. The number of nitrogens with one attached hydrogen (secondary N) is 2. The van der Waals surface area contributed by atoms with Crippen LogP contribution >= 0.6 is 0 Å². The van der Waals surface area contributed by atoms with Gasteiger partial charge in [-0.05, 0) is 41.0 Å². The molecule has 5 nitrogen and oxygen atoms in total. The van der Waals surface area contributed by atoms with Gasteiger partial charge in [-0.2, -0.15) is 0 Å². The lowest BCUT2D eigenvalue weighted by Gasteiger charge is -2.13. The van der Waals surface area contributed by atoms with Crippen molar-refractivity contribution in [2.24, 2.45) is 0 Å². The van der Waals surface area contributed by atoms with Crippen molar-refractivity contribution in [3.05, 3.63) is 119 Å². The van der Waals surface area contributed by atoms with E-state index in [4.69, 9.17) is 4.98 Å². The minimum atomic E-state index is -0.128. The van der Waals surface area contributed by atoms with E-state index < -0.39 is 0 Å². The fraction of sp³-hybridized carbons (Fsp3) is 0.133. The number of fused-ring (bicyclic) bond motifs is 1.